The van der Waals surface area contributed by atoms with Gasteiger partial charge in [-0.15, -0.1) is 0 Å². The van der Waals surface area contributed by atoms with Crippen molar-refractivity contribution in [1.82, 2.24) is 0 Å². The van der Waals surface area contributed by atoms with Crippen molar-refractivity contribution in [1.29, 1.82) is 0 Å². The molecule has 3 rings (SSSR count). The lowest BCUT2D eigenvalue weighted by molar-refractivity contribution is 0.123. The van der Waals surface area contributed by atoms with E-state index >= 15 is 0 Å². The van der Waals surface area contributed by atoms with Crippen LogP contribution >= 0.6 is 0 Å². The molecule has 4 nitrogen and oxygen atoms in total. The molecular formula is C20H23NO3. The topological polar surface area (TPSA) is 40.0 Å². The van der Waals surface area contributed by atoms with Crippen molar-refractivity contribution in [2.45, 2.75) is 19.4 Å². The second kappa shape index (κ2) is 6.56. The Morgan fingerprint density at radius 2 is 1.50 bits per heavy atom. The van der Waals surface area contributed by atoms with Crippen molar-refractivity contribution in [3.8, 4) is 11.5 Å². The molecule has 2 aromatic rings. The quantitative estimate of drug-likeness (QED) is 0.833. The van der Waals surface area contributed by atoms with E-state index in [4.69, 9.17) is 14.2 Å². The van der Waals surface area contributed by atoms with E-state index in [2.05, 4.69) is 31.0 Å². The summed E-state index contributed by atoms with van der Waals surface area (Å²) in [6, 6.07) is 16.0. The van der Waals surface area contributed by atoms with Gasteiger partial charge in [-0.1, -0.05) is 38.1 Å². The van der Waals surface area contributed by atoms with E-state index in [9.17, 15) is 0 Å². The van der Waals surface area contributed by atoms with Crippen LogP contribution in [-0.4, -0.2) is 26.7 Å². The Morgan fingerprint density at radius 1 is 0.958 bits per heavy atom. The Balaban J connectivity index is 2.11. The third kappa shape index (κ3) is 2.84. The summed E-state index contributed by atoms with van der Waals surface area (Å²) in [5.74, 6) is 2.62. The predicted octanol–water partition coefficient (Wildman–Crippen LogP) is 4.03. The van der Waals surface area contributed by atoms with Gasteiger partial charge in [-0.25, -0.2) is 0 Å². The average Bonchev–Trinajstić information content (AvgIpc) is 3.09. The molecule has 0 aliphatic carbocycles. The second-order valence-corrected chi connectivity index (χ2v) is 6.20. The van der Waals surface area contributed by atoms with Crippen LogP contribution in [0, 0.1) is 5.92 Å². The minimum atomic E-state index is -0.650. The average molecular weight is 325 g/mol. The summed E-state index contributed by atoms with van der Waals surface area (Å²) in [4.78, 5) is 4.67. The van der Waals surface area contributed by atoms with Gasteiger partial charge in [0.2, 0.25) is 0 Å². The van der Waals surface area contributed by atoms with Crippen molar-refractivity contribution < 1.29 is 14.2 Å². The zero-order chi connectivity index (χ0) is 17.2. The molecule has 0 saturated carbocycles. The molecule has 0 amide bonds. The molecule has 0 N–H and O–H groups in total. The lowest BCUT2D eigenvalue weighted by Crippen LogP contribution is -2.32. The van der Waals surface area contributed by atoms with E-state index in [1.807, 2.05) is 36.4 Å². The molecule has 0 saturated heterocycles. The minimum Gasteiger partial charge on any atom is -0.497 e. The van der Waals surface area contributed by atoms with Crippen LogP contribution in [0.4, 0.5) is 0 Å². The molecule has 0 spiro atoms. The van der Waals surface area contributed by atoms with E-state index in [1.54, 1.807) is 14.2 Å². The maximum Gasteiger partial charge on any atom is 0.187 e. The van der Waals surface area contributed by atoms with Crippen LogP contribution in [0.25, 0.3) is 0 Å². The monoisotopic (exact) mass is 325 g/mol. The summed E-state index contributed by atoms with van der Waals surface area (Å²) in [6.45, 7) is 4.72. The van der Waals surface area contributed by atoms with E-state index in [1.165, 1.54) is 0 Å². The number of benzene rings is 2. The van der Waals surface area contributed by atoms with Gasteiger partial charge in [0.25, 0.3) is 0 Å². The highest BCUT2D eigenvalue weighted by Gasteiger charge is 2.42. The number of hydrogen-bond acceptors (Lipinski definition) is 4. The number of aliphatic imine (C=N–C) groups is 1. The maximum absolute atomic E-state index is 6.42. The SMILES string of the molecule is COc1cccc(C2(c3cccc(OC)c3)CN=C(C(C)C)O2)c1. The zero-order valence-corrected chi connectivity index (χ0v) is 14.6. The summed E-state index contributed by atoms with van der Waals surface area (Å²) in [7, 11) is 3.34. The highest BCUT2D eigenvalue weighted by molar-refractivity contribution is 5.81. The minimum absolute atomic E-state index is 0.239. The van der Waals surface area contributed by atoms with Gasteiger partial charge >= 0.3 is 0 Å². The van der Waals surface area contributed by atoms with Crippen molar-refractivity contribution >= 4 is 5.90 Å². The van der Waals surface area contributed by atoms with Gasteiger partial charge in [0, 0.05) is 17.0 Å². The fourth-order valence-corrected chi connectivity index (χ4v) is 2.95. The number of rotatable bonds is 5. The van der Waals surface area contributed by atoms with Gasteiger partial charge in [0.15, 0.2) is 11.5 Å². The number of hydrogen-bond donors (Lipinski definition) is 0. The third-order valence-electron chi connectivity index (χ3n) is 4.30. The Labute approximate surface area is 143 Å². The summed E-state index contributed by atoms with van der Waals surface area (Å²) in [5, 5.41) is 0. The van der Waals surface area contributed by atoms with Crippen LogP contribution in [0.5, 0.6) is 11.5 Å². The first-order chi connectivity index (χ1) is 11.6. The Bertz CT molecular complexity index is 705. The Kier molecular flexibility index (Phi) is 4.47. The van der Waals surface area contributed by atoms with E-state index in [-0.39, 0.29) is 5.92 Å². The lowest BCUT2D eigenvalue weighted by Gasteiger charge is -2.30. The van der Waals surface area contributed by atoms with Crippen LogP contribution in [-0.2, 0) is 10.3 Å². The van der Waals surface area contributed by atoms with Crippen LogP contribution in [0.3, 0.4) is 0 Å². The molecule has 0 radical (unpaired) electrons. The van der Waals surface area contributed by atoms with Crippen molar-refractivity contribution in [2.24, 2.45) is 10.9 Å². The number of nitrogens with zero attached hydrogens (tertiary/aromatic N) is 1. The van der Waals surface area contributed by atoms with Crippen LogP contribution in [0.1, 0.15) is 25.0 Å². The van der Waals surface area contributed by atoms with Crippen molar-refractivity contribution in [3.05, 3.63) is 59.7 Å². The number of ether oxygens (including phenoxy) is 3. The third-order valence-corrected chi connectivity index (χ3v) is 4.30. The maximum atomic E-state index is 6.42. The van der Waals surface area contributed by atoms with Crippen LogP contribution in [0.15, 0.2) is 53.5 Å². The molecule has 1 aliphatic rings. The van der Waals surface area contributed by atoms with Gasteiger partial charge in [0.1, 0.15) is 11.5 Å². The summed E-state index contributed by atoms with van der Waals surface area (Å²) >= 11 is 0. The van der Waals surface area contributed by atoms with Crippen LogP contribution in [0.2, 0.25) is 0 Å². The molecule has 1 heterocycles. The molecule has 126 valence electrons. The van der Waals surface area contributed by atoms with Crippen molar-refractivity contribution in [2.75, 3.05) is 20.8 Å². The molecule has 2 aromatic carbocycles. The zero-order valence-electron chi connectivity index (χ0n) is 14.6. The van der Waals surface area contributed by atoms with Gasteiger partial charge < -0.3 is 14.2 Å². The molecular weight excluding hydrogens is 302 g/mol. The van der Waals surface area contributed by atoms with Gasteiger partial charge in [-0.2, -0.15) is 0 Å². The largest absolute Gasteiger partial charge is 0.497 e. The van der Waals surface area contributed by atoms with Gasteiger partial charge in [0.05, 0.1) is 20.8 Å². The molecule has 0 fully saturated rings. The Morgan fingerprint density at radius 3 is 1.92 bits per heavy atom. The molecule has 0 aromatic heterocycles. The van der Waals surface area contributed by atoms with Gasteiger partial charge in [-0.05, 0) is 24.3 Å². The van der Waals surface area contributed by atoms with E-state index in [0.29, 0.717) is 6.54 Å². The summed E-state index contributed by atoms with van der Waals surface area (Å²) in [5.41, 5.74) is 1.40. The number of methoxy groups -OCH3 is 2. The second-order valence-electron chi connectivity index (χ2n) is 6.20. The summed E-state index contributed by atoms with van der Waals surface area (Å²) < 4.78 is 17.2. The predicted molar refractivity (Wildman–Crippen MR) is 95.0 cm³/mol. The molecule has 1 aliphatic heterocycles. The van der Waals surface area contributed by atoms with E-state index in [0.717, 1.165) is 28.5 Å². The normalized spacial score (nSPS) is 15.8. The highest BCUT2D eigenvalue weighted by Crippen LogP contribution is 2.41. The fourth-order valence-electron chi connectivity index (χ4n) is 2.95. The molecule has 4 heteroatoms. The summed E-state index contributed by atoms with van der Waals surface area (Å²) in [6.07, 6.45) is 0. The lowest BCUT2D eigenvalue weighted by atomic mass is 9.86. The molecule has 0 atom stereocenters. The smallest absolute Gasteiger partial charge is 0.187 e. The standard InChI is InChI=1S/C20H23NO3/c1-14(2)19-21-13-20(24-19,15-7-5-9-17(11-15)22-3)16-8-6-10-18(12-16)23-4/h5-12,14H,13H2,1-4H3. The van der Waals surface area contributed by atoms with Crippen molar-refractivity contribution in [3.63, 3.8) is 0 Å². The Hall–Kier alpha value is -2.49. The highest BCUT2D eigenvalue weighted by atomic mass is 16.5. The molecule has 24 heavy (non-hydrogen) atoms. The van der Waals surface area contributed by atoms with Crippen LogP contribution < -0.4 is 9.47 Å². The first-order valence-electron chi connectivity index (χ1n) is 8.11. The van der Waals surface area contributed by atoms with E-state index < -0.39 is 5.60 Å². The molecule has 0 bridgehead atoms. The first kappa shape index (κ1) is 16.4. The molecule has 0 unspecified atom stereocenters. The van der Waals surface area contributed by atoms with Gasteiger partial charge in [-0.3, -0.25) is 4.99 Å². The first-order valence-corrected chi connectivity index (χ1v) is 8.11. The fraction of sp³-hybridized carbons (Fsp3) is 0.350.